The third-order valence-electron chi connectivity index (χ3n) is 4.62. The maximum atomic E-state index is 12.9. The number of carbonyl (C=O) groups is 2. The van der Waals surface area contributed by atoms with Crippen LogP contribution >= 0.6 is 11.3 Å². The number of nitrogens with one attached hydrogen (secondary N) is 1. The van der Waals surface area contributed by atoms with Gasteiger partial charge < -0.3 is 10.2 Å². The summed E-state index contributed by atoms with van der Waals surface area (Å²) < 4.78 is 0. The molecule has 4 nitrogen and oxygen atoms in total. The molecule has 1 fully saturated rings. The van der Waals surface area contributed by atoms with Crippen LogP contribution in [0, 0.1) is 5.92 Å². The lowest BCUT2D eigenvalue weighted by Crippen LogP contribution is -2.52. The first-order valence-corrected chi connectivity index (χ1v) is 8.64. The van der Waals surface area contributed by atoms with Crippen LogP contribution < -0.4 is 5.32 Å². The van der Waals surface area contributed by atoms with Gasteiger partial charge in [0.2, 0.25) is 11.8 Å². The van der Waals surface area contributed by atoms with Crippen molar-refractivity contribution >= 4 is 23.2 Å². The molecular formula is C16H22N2O2S. The summed E-state index contributed by atoms with van der Waals surface area (Å²) in [5.41, 5.74) is 1.27. The lowest BCUT2D eigenvalue weighted by Gasteiger charge is -2.33. The van der Waals surface area contributed by atoms with Crippen LogP contribution in [0.25, 0.3) is 0 Å². The number of hydrogen-bond donors (Lipinski definition) is 1. The molecule has 0 radical (unpaired) electrons. The Kier molecular flexibility index (Phi) is 4.29. The first-order valence-electron chi connectivity index (χ1n) is 7.76. The van der Waals surface area contributed by atoms with E-state index in [-0.39, 0.29) is 17.9 Å². The van der Waals surface area contributed by atoms with Gasteiger partial charge in [0.25, 0.3) is 0 Å². The number of amides is 2. The van der Waals surface area contributed by atoms with Crippen molar-refractivity contribution in [3.8, 4) is 0 Å². The largest absolute Gasteiger partial charge is 0.344 e. The highest BCUT2D eigenvalue weighted by Gasteiger charge is 2.35. The molecule has 114 valence electrons. The molecule has 1 aromatic heterocycles. The fourth-order valence-corrected chi connectivity index (χ4v) is 4.41. The molecule has 0 aromatic carbocycles. The van der Waals surface area contributed by atoms with E-state index in [0.29, 0.717) is 12.5 Å². The second kappa shape index (κ2) is 6.18. The van der Waals surface area contributed by atoms with E-state index in [1.165, 1.54) is 30.2 Å². The van der Waals surface area contributed by atoms with Crippen LogP contribution in [0.3, 0.4) is 0 Å². The van der Waals surface area contributed by atoms with Crippen molar-refractivity contribution in [2.45, 2.75) is 51.6 Å². The average Bonchev–Trinajstić information content (AvgIpc) is 3.13. The van der Waals surface area contributed by atoms with Gasteiger partial charge in [0.1, 0.15) is 6.04 Å². The maximum Gasteiger partial charge on any atom is 0.245 e. The summed E-state index contributed by atoms with van der Waals surface area (Å²) in [4.78, 5) is 27.7. The second-order valence-corrected chi connectivity index (χ2v) is 7.10. The van der Waals surface area contributed by atoms with E-state index < -0.39 is 0 Å². The summed E-state index contributed by atoms with van der Waals surface area (Å²) in [6.45, 7) is 2.97. The van der Waals surface area contributed by atoms with Crippen LogP contribution in [0.15, 0.2) is 11.4 Å². The van der Waals surface area contributed by atoms with Crippen LogP contribution in [-0.2, 0) is 22.6 Å². The van der Waals surface area contributed by atoms with Crippen LogP contribution in [0.1, 0.15) is 43.0 Å². The lowest BCUT2D eigenvalue weighted by atomic mass is 9.95. The standard InChI is InChI=1S/C16H22N2O2S/c1-11(19)17-15(12-4-2-3-5-12)16(20)18-8-6-14-13(10-18)7-9-21-14/h7,9,12,15H,2-6,8,10H2,1H3,(H,17,19). The fourth-order valence-electron chi connectivity index (χ4n) is 3.52. The van der Waals surface area contributed by atoms with Gasteiger partial charge in [-0.3, -0.25) is 9.59 Å². The zero-order valence-electron chi connectivity index (χ0n) is 12.4. The Labute approximate surface area is 129 Å². The quantitative estimate of drug-likeness (QED) is 0.932. The van der Waals surface area contributed by atoms with Gasteiger partial charge in [-0.2, -0.15) is 0 Å². The van der Waals surface area contributed by atoms with Crippen molar-refractivity contribution in [1.82, 2.24) is 10.2 Å². The molecule has 1 atom stereocenters. The van der Waals surface area contributed by atoms with Gasteiger partial charge in [0, 0.05) is 24.9 Å². The zero-order chi connectivity index (χ0) is 14.8. The minimum absolute atomic E-state index is 0.103. The molecule has 2 heterocycles. The third kappa shape index (κ3) is 3.12. The van der Waals surface area contributed by atoms with Gasteiger partial charge in [-0.05, 0) is 42.2 Å². The Morgan fingerprint density at radius 1 is 1.38 bits per heavy atom. The molecule has 0 bridgehead atoms. The molecule has 0 spiro atoms. The number of hydrogen-bond acceptors (Lipinski definition) is 3. The molecule has 1 aliphatic heterocycles. The Bertz CT molecular complexity index is 534. The van der Waals surface area contributed by atoms with Gasteiger partial charge in [-0.15, -0.1) is 11.3 Å². The molecule has 1 aliphatic carbocycles. The number of fused-ring (bicyclic) bond motifs is 1. The van der Waals surface area contributed by atoms with Gasteiger partial charge in [0.05, 0.1) is 0 Å². The fraction of sp³-hybridized carbons (Fsp3) is 0.625. The summed E-state index contributed by atoms with van der Waals surface area (Å²) in [6.07, 6.45) is 5.38. The van der Waals surface area contributed by atoms with Crippen LogP contribution in [0.4, 0.5) is 0 Å². The van der Waals surface area contributed by atoms with Crippen molar-refractivity contribution in [3.05, 3.63) is 21.9 Å². The highest BCUT2D eigenvalue weighted by atomic mass is 32.1. The van der Waals surface area contributed by atoms with Gasteiger partial charge >= 0.3 is 0 Å². The van der Waals surface area contributed by atoms with Crippen LogP contribution in [0.5, 0.6) is 0 Å². The van der Waals surface area contributed by atoms with Gasteiger partial charge in [-0.1, -0.05) is 12.8 Å². The van der Waals surface area contributed by atoms with Crippen molar-refractivity contribution in [2.24, 2.45) is 5.92 Å². The summed E-state index contributed by atoms with van der Waals surface area (Å²) in [6, 6.07) is 1.78. The molecule has 2 amide bonds. The average molecular weight is 306 g/mol. The number of thiophene rings is 1. The molecule has 3 rings (SSSR count). The van der Waals surface area contributed by atoms with E-state index in [1.54, 1.807) is 11.3 Å². The van der Waals surface area contributed by atoms with Gasteiger partial charge in [0.15, 0.2) is 0 Å². The molecule has 1 aromatic rings. The number of nitrogens with zero attached hydrogens (tertiary/aromatic N) is 1. The number of carbonyl (C=O) groups excluding carboxylic acids is 2. The Morgan fingerprint density at radius 2 is 2.14 bits per heavy atom. The molecule has 21 heavy (non-hydrogen) atoms. The molecule has 2 aliphatic rings. The molecule has 1 N–H and O–H groups in total. The first-order chi connectivity index (χ1) is 10.1. The maximum absolute atomic E-state index is 12.9. The molecular weight excluding hydrogens is 284 g/mol. The smallest absolute Gasteiger partial charge is 0.245 e. The highest BCUT2D eigenvalue weighted by Crippen LogP contribution is 2.30. The number of rotatable bonds is 3. The summed E-state index contributed by atoms with van der Waals surface area (Å²) in [5.74, 6) is 0.313. The lowest BCUT2D eigenvalue weighted by molar-refractivity contribution is -0.138. The zero-order valence-corrected chi connectivity index (χ0v) is 13.2. The minimum Gasteiger partial charge on any atom is -0.344 e. The summed E-state index contributed by atoms with van der Waals surface area (Å²) in [7, 11) is 0. The van der Waals surface area contributed by atoms with Crippen molar-refractivity contribution < 1.29 is 9.59 Å². The predicted octanol–water partition coefficient (Wildman–Crippen LogP) is 2.33. The molecule has 0 saturated heterocycles. The topological polar surface area (TPSA) is 49.4 Å². The van der Waals surface area contributed by atoms with Crippen molar-refractivity contribution in [3.63, 3.8) is 0 Å². The van der Waals surface area contributed by atoms with Crippen LogP contribution in [-0.4, -0.2) is 29.3 Å². The predicted molar refractivity (Wildman–Crippen MR) is 83.0 cm³/mol. The first kappa shape index (κ1) is 14.6. The molecule has 1 saturated carbocycles. The molecule has 1 unspecified atom stereocenters. The normalized spacial score (nSPS) is 20.1. The second-order valence-electron chi connectivity index (χ2n) is 6.10. The van der Waals surface area contributed by atoms with Crippen molar-refractivity contribution in [1.29, 1.82) is 0 Å². The van der Waals surface area contributed by atoms with Crippen molar-refractivity contribution in [2.75, 3.05) is 6.54 Å². The Morgan fingerprint density at radius 3 is 2.86 bits per heavy atom. The summed E-state index contributed by atoms with van der Waals surface area (Å²) in [5, 5.41) is 5.01. The van der Waals surface area contributed by atoms with E-state index in [0.717, 1.165) is 25.8 Å². The van der Waals surface area contributed by atoms with Gasteiger partial charge in [-0.25, -0.2) is 0 Å². The van der Waals surface area contributed by atoms with E-state index in [1.807, 2.05) is 4.90 Å². The minimum atomic E-state index is -0.329. The third-order valence-corrected chi connectivity index (χ3v) is 5.64. The van der Waals surface area contributed by atoms with Crippen LogP contribution in [0.2, 0.25) is 0 Å². The van der Waals surface area contributed by atoms with E-state index in [4.69, 9.17) is 0 Å². The molecule has 5 heteroatoms. The summed E-state index contributed by atoms with van der Waals surface area (Å²) >= 11 is 1.78. The Balaban J connectivity index is 1.73. The highest BCUT2D eigenvalue weighted by molar-refractivity contribution is 7.10. The monoisotopic (exact) mass is 306 g/mol. The SMILES string of the molecule is CC(=O)NC(C(=O)N1CCc2sccc2C1)C1CCCC1. The Hall–Kier alpha value is -1.36. The van der Waals surface area contributed by atoms with E-state index in [2.05, 4.69) is 16.8 Å². The van der Waals surface area contributed by atoms with E-state index >= 15 is 0 Å². The van der Waals surface area contributed by atoms with E-state index in [9.17, 15) is 9.59 Å².